The van der Waals surface area contributed by atoms with Gasteiger partial charge in [-0.2, -0.15) is 0 Å². The van der Waals surface area contributed by atoms with Gasteiger partial charge in [-0.25, -0.2) is 0 Å². The SMILES string of the molecule is COc1ccc(O[C@H](C)C(=O)Nc2cc(Cl)c(OC)cc2OC)cc1. The molecule has 2 rings (SSSR count). The van der Waals surface area contributed by atoms with Crippen molar-refractivity contribution in [2.75, 3.05) is 26.6 Å². The first kappa shape index (κ1) is 18.7. The molecular weight excluding hydrogens is 346 g/mol. The Kier molecular flexibility index (Phi) is 6.36. The fraction of sp³-hybridized carbons (Fsp3) is 0.278. The Morgan fingerprint density at radius 3 is 2.12 bits per heavy atom. The highest BCUT2D eigenvalue weighted by Crippen LogP contribution is 2.36. The summed E-state index contributed by atoms with van der Waals surface area (Å²) in [6, 6.07) is 10.1. The summed E-state index contributed by atoms with van der Waals surface area (Å²) in [4.78, 5) is 12.4. The number of anilines is 1. The average molecular weight is 366 g/mol. The van der Waals surface area contributed by atoms with E-state index in [2.05, 4.69) is 5.32 Å². The van der Waals surface area contributed by atoms with Crippen molar-refractivity contribution in [3.05, 3.63) is 41.4 Å². The second kappa shape index (κ2) is 8.48. The van der Waals surface area contributed by atoms with E-state index in [-0.39, 0.29) is 5.91 Å². The monoisotopic (exact) mass is 365 g/mol. The van der Waals surface area contributed by atoms with E-state index < -0.39 is 6.10 Å². The fourth-order valence-electron chi connectivity index (χ4n) is 2.10. The van der Waals surface area contributed by atoms with E-state index in [1.54, 1.807) is 50.4 Å². The van der Waals surface area contributed by atoms with Crippen LogP contribution in [0.1, 0.15) is 6.92 Å². The van der Waals surface area contributed by atoms with Crippen LogP contribution in [-0.2, 0) is 4.79 Å². The molecule has 6 nitrogen and oxygen atoms in total. The molecule has 0 bridgehead atoms. The number of carbonyl (C=O) groups excluding carboxylic acids is 1. The number of hydrogen-bond donors (Lipinski definition) is 1. The molecule has 0 radical (unpaired) electrons. The van der Waals surface area contributed by atoms with E-state index in [4.69, 9.17) is 30.5 Å². The Balaban J connectivity index is 2.08. The summed E-state index contributed by atoms with van der Waals surface area (Å²) in [5.74, 6) is 1.82. The number of carbonyl (C=O) groups is 1. The second-order valence-corrected chi connectivity index (χ2v) is 5.52. The molecule has 7 heteroatoms. The number of rotatable bonds is 7. The highest BCUT2D eigenvalue weighted by atomic mass is 35.5. The molecule has 0 aliphatic heterocycles. The number of amides is 1. The zero-order valence-corrected chi connectivity index (χ0v) is 15.2. The van der Waals surface area contributed by atoms with Gasteiger partial charge in [0, 0.05) is 6.07 Å². The highest BCUT2D eigenvalue weighted by molar-refractivity contribution is 6.32. The molecule has 134 valence electrons. The zero-order chi connectivity index (χ0) is 18.4. The summed E-state index contributed by atoms with van der Waals surface area (Å²) in [5.41, 5.74) is 0.434. The first-order valence-electron chi connectivity index (χ1n) is 7.51. The smallest absolute Gasteiger partial charge is 0.265 e. The van der Waals surface area contributed by atoms with Crippen molar-refractivity contribution in [1.29, 1.82) is 0 Å². The van der Waals surface area contributed by atoms with Crippen molar-refractivity contribution in [3.63, 3.8) is 0 Å². The van der Waals surface area contributed by atoms with Crippen LogP contribution in [0.5, 0.6) is 23.0 Å². The molecule has 0 aromatic heterocycles. The lowest BCUT2D eigenvalue weighted by Crippen LogP contribution is -2.30. The summed E-state index contributed by atoms with van der Waals surface area (Å²) in [5, 5.41) is 3.11. The normalized spacial score (nSPS) is 11.4. The predicted octanol–water partition coefficient (Wildman–Crippen LogP) is 3.77. The molecule has 2 aromatic rings. The van der Waals surface area contributed by atoms with Crippen LogP contribution >= 0.6 is 11.6 Å². The number of nitrogens with one attached hydrogen (secondary N) is 1. The van der Waals surface area contributed by atoms with Crippen LogP contribution < -0.4 is 24.3 Å². The molecule has 0 spiro atoms. The van der Waals surface area contributed by atoms with E-state index in [1.165, 1.54) is 14.2 Å². The average Bonchev–Trinajstić information content (AvgIpc) is 2.62. The molecule has 0 aliphatic carbocycles. The zero-order valence-electron chi connectivity index (χ0n) is 14.5. The molecule has 0 saturated heterocycles. The molecule has 0 unspecified atom stereocenters. The van der Waals surface area contributed by atoms with E-state index in [1.807, 2.05) is 0 Å². The largest absolute Gasteiger partial charge is 0.497 e. The fourth-order valence-corrected chi connectivity index (χ4v) is 2.34. The third-order valence-electron chi connectivity index (χ3n) is 3.47. The number of hydrogen-bond acceptors (Lipinski definition) is 5. The van der Waals surface area contributed by atoms with Gasteiger partial charge in [0.1, 0.15) is 23.0 Å². The Morgan fingerprint density at radius 1 is 0.960 bits per heavy atom. The first-order chi connectivity index (χ1) is 12.0. The minimum atomic E-state index is -0.723. The Morgan fingerprint density at radius 2 is 1.56 bits per heavy atom. The minimum Gasteiger partial charge on any atom is -0.497 e. The number of ether oxygens (including phenoxy) is 4. The number of halogens is 1. The van der Waals surface area contributed by atoms with Gasteiger partial charge in [0.25, 0.3) is 5.91 Å². The lowest BCUT2D eigenvalue weighted by molar-refractivity contribution is -0.122. The van der Waals surface area contributed by atoms with Crippen LogP contribution in [0.15, 0.2) is 36.4 Å². The lowest BCUT2D eigenvalue weighted by atomic mass is 10.2. The summed E-state index contributed by atoms with van der Waals surface area (Å²) in [6.45, 7) is 1.65. The third kappa shape index (κ3) is 4.70. The molecule has 1 N–H and O–H groups in total. The van der Waals surface area contributed by atoms with Gasteiger partial charge in [0.2, 0.25) is 0 Å². The third-order valence-corrected chi connectivity index (χ3v) is 3.77. The molecule has 2 aromatic carbocycles. The molecular formula is C18H20ClNO5. The quantitative estimate of drug-likeness (QED) is 0.809. The van der Waals surface area contributed by atoms with Crippen molar-refractivity contribution in [1.82, 2.24) is 0 Å². The van der Waals surface area contributed by atoms with Crippen molar-refractivity contribution in [3.8, 4) is 23.0 Å². The van der Waals surface area contributed by atoms with Crippen molar-refractivity contribution in [2.24, 2.45) is 0 Å². The maximum atomic E-state index is 12.4. The van der Waals surface area contributed by atoms with Gasteiger partial charge in [0.05, 0.1) is 32.0 Å². The van der Waals surface area contributed by atoms with Gasteiger partial charge < -0.3 is 24.3 Å². The van der Waals surface area contributed by atoms with Crippen molar-refractivity contribution >= 4 is 23.2 Å². The standard InChI is InChI=1S/C18H20ClNO5/c1-11(25-13-7-5-12(22-2)6-8-13)18(21)20-15-9-14(19)16(23-3)10-17(15)24-4/h5-11H,1-4H3,(H,20,21)/t11-/m1/s1. The minimum absolute atomic E-state index is 0.338. The molecule has 0 heterocycles. The van der Waals surface area contributed by atoms with Crippen LogP contribution in [0, 0.1) is 0 Å². The summed E-state index contributed by atoms with van der Waals surface area (Å²) in [7, 11) is 4.58. The maximum absolute atomic E-state index is 12.4. The first-order valence-corrected chi connectivity index (χ1v) is 7.89. The van der Waals surface area contributed by atoms with Crippen LogP contribution in [0.25, 0.3) is 0 Å². The summed E-state index contributed by atoms with van der Waals surface area (Å²) >= 11 is 6.10. The molecule has 1 amide bonds. The Bertz CT molecular complexity index is 733. The van der Waals surface area contributed by atoms with Crippen molar-refractivity contribution < 1.29 is 23.7 Å². The van der Waals surface area contributed by atoms with Gasteiger partial charge in [-0.15, -0.1) is 0 Å². The van der Waals surface area contributed by atoms with Crippen LogP contribution in [0.2, 0.25) is 5.02 Å². The predicted molar refractivity (Wildman–Crippen MR) is 96.3 cm³/mol. The van der Waals surface area contributed by atoms with Crippen LogP contribution in [0.3, 0.4) is 0 Å². The number of benzene rings is 2. The van der Waals surface area contributed by atoms with Gasteiger partial charge in [0.15, 0.2) is 6.10 Å². The lowest BCUT2D eigenvalue weighted by Gasteiger charge is -2.17. The van der Waals surface area contributed by atoms with Gasteiger partial charge >= 0.3 is 0 Å². The van der Waals surface area contributed by atoms with E-state index in [0.717, 1.165) is 0 Å². The van der Waals surface area contributed by atoms with E-state index in [0.29, 0.717) is 33.7 Å². The number of methoxy groups -OCH3 is 3. The molecule has 25 heavy (non-hydrogen) atoms. The van der Waals surface area contributed by atoms with Gasteiger partial charge in [-0.1, -0.05) is 11.6 Å². The summed E-state index contributed by atoms with van der Waals surface area (Å²) in [6.07, 6.45) is -0.723. The molecule has 0 fully saturated rings. The molecule has 0 saturated carbocycles. The highest BCUT2D eigenvalue weighted by Gasteiger charge is 2.18. The van der Waals surface area contributed by atoms with Crippen molar-refractivity contribution in [2.45, 2.75) is 13.0 Å². The Hall–Kier alpha value is -2.60. The topological polar surface area (TPSA) is 66.0 Å². The Labute approximate surface area is 151 Å². The maximum Gasteiger partial charge on any atom is 0.265 e. The van der Waals surface area contributed by atoms with Gasteiger partial charge in [-0.3, -0.25) is 4.79 Å². The molecule has 1 atom stereocenters. The van der Waals surface area contributed by atoms with Crippen LogP contribution in [0.4, 0.5) is 5.69 Å². The van der Waals surface area contributed by atoms with Crippen LogP contribution in [-0.4, -0.2) is 33.3 Å². The van der Waals surface area contributed by atoms with E-state index in [9.17, 15) is 4.79 Å². The van der Waals surface area contributed by atoms with Gasteiger partial charge in [-0.05, 0) is 37.3 Å². The molecule has 0 aliphatic rings. The summed E-state index contributed by atoms with van der Waals surface area (Å²) < 4.78 is 21.1. The van der Waals surface area contributed by atoms with E-state index >= 15 is 0 Å². The second-order valence-electron chi connectivity index (χ2n) is 5.11.